The van der Waals surface area contributed by atoms with E-state index in [1.165, 1.54) is 23.5 Å². The number of halogens is 1. The van der Waals surface area contributed by atoms with E-state index in [1.807, 2.05) is 6.92 Å². The van der Waals surface area contributed by atoms with Gasteiger partial charge in [-0.1, -0.05) is 18.3 Å². The van der Waals surface area contributed by atoms with Crippen LogP contribution in [0.3, 0.4) is 0 Å². The molecule has 0 radical (unpaired) electrons. The molecule has 4 rings (SSSR count). The average molecular weight is 453 g/mol. The SMILES string of the molecule is CC[C@@H]1C(=N)N(C(C)=N)c2cnc(-c3sc(N)nc3-c3ccc(F)cc3)nc2N1C(C)C. The smallest absolute Gasteiger partial charge is 0.181 e. The zero-order valence-corrected chi connectivity index (χ0v) is 19.2. The molecule has 0 bridgehead atoms. The van der Waals surface area contributed by atoms with Crippen molar-refractivity contribution in [3.8, 4) is 22.0 Å². The standard InChI is InChI=1S/C22H25FN8S/c1-5-15-19(25)31(12(4)24)16-10-27-20(29-21(16)30(15)11(2)3)18-17(28-22(26)32-18)13-6-8-14(23)9-7-13/h6-11,15,24-25H,5H2,1-4H3,(H2,26,28)/t15-/m1/s1. The summed E-state index contributed by atoms with van der Waals surface area (Å²) in [6.45, 7) is 7.79. The van der Waals surface area contributed by atoms with Crippen molar-refractivity contribution in [3.63, 3.8) is 0 Å². The summed E-state index contributed by atoms with van der Waals surface area (Å²) in [6.07, 6.45) is 2.35. The van der Waals surface area contributed by atoms with E-state index in [0.717, 1.165) is 5.56 Å². The third kappa shape index (κ3) is 3.60. The fourth-order valence-electron chi connectivity index (χ4n) is 4.03. The number of amidine groups is 2. The first-order valence-corrected chi connectivity index (χ1v) is 11.2. The molecule has 10 heteroatoms. The van der Waals surface area contributed by atoms with Crippen molar-refractivity contribution in [1.82, 2.24) is 15.0 Å². The Kier molecular flexibility index (Phi) is 5.64. The molecule has 1 aliphatic rings. The highest BCUT2D eigenvalue weighted by atomic mass is 32.1. The minimum absolute atomic E-state index is 0.0816. The summed E-state index contributed by atoms with van der Waals surface area (Å²) in [5, 5.41) is 17.3. The summed E-state index contributed by atoms with van der Waals surface area (Å²) < 4.78 is 13.4. The van der Waals surface area contributed by atoms with Crippen LogP contribution >= 0.6 is 11.3 Å². The van der Waals surface area contributed by atoms with Gasteiger partial charge in [-0.05, 0) is 51.5 Å². The molecule has 0 fully saturated rings. The van der Waals surface area contributed by atoms with Gasteiger partial charge < -0.3 is 10.6 Å². The van der Waals surface area contributed by atoms with Crippen LogP contribution in [-0.2, 0) is 0 Å². The van der Waals surface area contributed by atoms with Crippen LogP contribution in [0.2, 0.25) is 0 Å². The van der Waals surface area contributed by atoms with Crippen LogP contribution in [0.25, 0.3) is 22.0 Å². The maximum absolute atomic E-state index is 13.4. The molecule has 8 nitrogen and oxygen atoms in total. The van der Waals surface area contributed by atoms with Crippen molar-refractivity contribution in [2.75, 3.05) is 15.5 Å². The number of benzene rings is 1. The molecular formula is C22H25FN8S. The second kappa shape index (κ2) is 8.27. The molecular weight excluding hydrogens is 427 g/mol. The fourth-order valence-corrected chi connectivity index (χ4v) is 4.83. The van der Waals surface area contributed by atoms with Gasteiger partial charge in [0.1, 0.15) is 28.1 Å². The van der Waals surface area contributed by atoms with Crippen LogP contribution in [-0.4, -0.2) is 38.7 Å². The van der Waals surface area contributed by atoms with Gasteiger partial charge in [0.25, 0.3) is 0 Å². The molecule has 32 heavy (non-hydrogen) atoms. The van der Waals surface area contributed by atoms with E-state index >= 15 is 0 Å². The van der Waals surface area contributed by atoms with Gasteiger partial charge >= 0.3 is 0 Å². The van der Waals surface area contributed by atoms with Crippen molar-refractivity contribution < 1.29 is 4.39 Å². The molecule has 0 saturated heterocycles. The van der Waals surface area contributed by atoms with Gasteiger partial charge in [-0.25, -0.2) is 19.3 Å². The van der Waals surface area contributed by atoms with Crippen LogP contribution in [0.1, 0.15) is 34.1 Å². The van der Waals surface area contributed by atoms with Crippen LogP contribution in [0.15, 0.2) is 30.5 Å². The van der Waals surface area contributed by atoms with Crippen molar-refractivity contribution in [2.45, 2.75) is 46.2 Å². The number of aromatic nitrogens is 3. The molecule has 4 N–H and O–H groups in total. The summed E-state index contributed by atoms with van der Waals surface area (Å²) in [5.41, 5.74) is 7.95. The Morgan fingerprint density at radius 3 is 2.53 bits per heavy atom. The van der Waals surface area contributed by atoms with Crippen molar-refractivity contribution in [1.29, 1.82) is 10.8 Å². The number of fused-ring (bicyclic) bond motifs is 1. The first-order valence-electron chi connectivity index (χ1n) is 10.3. The molecule has 1 atom stereocenters. The number of rotatable bonds is 4. The summed E-state index contributed by atoms with van der Waals surface area (Å²) >= 11 is 1.27. The Morgan fingerprint density at radius 2 is 1.94 bits per heavy atom. The maximum Gasteiger partial charge on any atom is 0.181 e. The lowest BCUT2D eigenvalue weighted by molar-refractivity contribution is 0.597. The topological polar surface area (TPSA) is 119 Å². The minimum atomic E-state index is -0.328. The van der Waals surface area contributed by atoms with Gasteiger partial charge in [-0.3, -0.25) is 15.7 Å². The van der Waals surface area contributed by atoms with E-state index < -0.39 is 0 Å². The quantitative estimate of drug-likeness (QED) is 0.387. The summed E-state index contributed by atoms with van der Waals surface area (Å²) in [7, 11) is 0. The molecule has 3 heterocycles. The molecule has 1 aliphatic heterocycles. The molecule has 166 valence electrons. The van der Waals surface area contributed by atoms with Crippen LogP contribution in [0.5, 0.6) is 0 Å². The van der Waals surface area contributed by atoms with Crippen LogP contribution in [0, 0.1) is 16.6 Å². The molecule has 1 aromatic carbocycles. The molecule has 3 aromatic rings. The number of hydrogen-bond donors (Lipinski definition) is 3. The number of nitrogens with two attached hydrogens (primary N) is 1. The lowest BCUT2D eigenvalue weighted by Gasteiger charge is -2.45. The minimum Gasteiger partial charge on any atom is -0.375 e. The molecule has 0 unspecified atom stereocenters. The van der Waals surface area contributed by atoms with E-state index in [2.05, 4.69) is 28.7 Å². The third-order valence-electron chi connectivity index (χ3n) is 5.37. The van der Waals surface area contributed by atoms with Gasteiger partial charge in [-0.15, -0.1) is 0 Å². The Balaban J connectivity index is 1.90. The lowest BCUT2D eigenvalue weighted by atomic mass is 10.0. The van der Waals surface area contributed by atoms with Gasteiger partial charge in [-0.2, -0.15) is 0 Å². The zero-order chi connectivity index (χ0) is 23.2. The zero-order valence-electron chi connectivity index (χ0n) is 18.3. The van der Waals surface area contributed by atoms with E-state index in [1.54, 1.807) is 30.2 Å². The highest BCUT2D eigenvalue weighted by molar-refractivity contribution is 7.19. The average Bonchev–Trinajstić information content (AvgIpc) is 3.14. The predicted octanol–water partition coefficient (Wildman–Crippen LogP) is 4.78. The summed E-state index contributed by atoms with van der Waals surface area (Å²) in [5.74, 6) is 1.37. The molecule has 2 aromatic heterocycles. The lowest BCUT2D eigenvalue weighted by Crippen LogP contribution is -2.56. The van der Waals surface area contributed by atoms with E-state index in [-0.39, 0.29) is 23.7 Å². The van der Waals surface area contributed by atoms with E-state index in [4.69, 9.17) is 21.5 Å². The molecule has 0 aliphatic carbocycles. The first-order chi connectivity index (χ1) is 15.2. The number of nitrogen functional groups attached to an aromatic ring is 1. The Hall–Kier alpha value is -3.40. The highest BCUT2D eigenvalue weighted by Crippen LogP contribution is 2.41. The van der Waals surface area contributed by atoms with E-state index in [9.17, 15) is 4.39 Å². The Bertz CT molecular complexity index is 1190. The largest absolute Gasteiger partial charge is 0.375 e. The molecule has 0 saturated carbocycles. The third-order valence-corrected chi connectivity index (χ3v) is 6.25. The monoisotopic (exact) mass is 452 g/mol. The first kappa shape index (κ1) is 21.8. The fraction of sp³-hybridized carbons (Fsp3) is 0.318. The van der Waals surface area contributed by atoms with Crippen molar-refractivity contribution >= 4 is 39.6 Å². The number of thiazole rings is 1. The van der Waals surface area contributed by atoms with Crippen molar-refractivity contribution in [3.05, 3.63) is 36.3 Å². The number of nitrogens with one attached hydrogen (secondary N) is 2. The number of anilines is 3. The maximum atomic E-state index is 13.4. The second-order valence-electron chi connectivity index (χ2n) is 7.87. The van der Waals surface area contributed by atoms with Crippen LogP contribution < -0.4 is 15.5 Å². The van der Waals surface area contributed by atoms with Gasteiger partial charge in [0.05, 0.1) is 17.9 Å². The van der Waals surface area contributed by atoms with Gasteiger partial charge in [0.2, 0.25) is 0 Å². The predicted molar refractivity (Wildman–Crippen MR) is 128 cm³/mol. The van der Waals surface area contributed by atoms with Gasteiger partial charge in [0, 0.05) is 11.6 Å². The number of nitrogens with zero attached hydrogens (tertiary/aromatic N) is 5. The summed E-state index contributed by atoms with van der Waals surface area (Å²) in [4.78, 5) is 18.3. The number of hydrogen-bond acceptors (Lipinski definition) is 8. The molecule has 0 spiro atoms. The Morgan fingerprint density at radius 1 is 1.25 bits per heavy atom. The normalized spacial score (nSPS) is 15.9. The van der Waals surface area contributed by atoms with Crippen molar-refractivity contribution in [2.24, 2.45) is 0 Å². The summed E-state index contributed by atoms with van der Waals surface area (Å²) in [6, 6.07) is 5.93. The van der Waals surface area contributed by atoms with Crippen LogP contribution in [0.4, 0.5) is 21.0 Å². The van der Waals surface area contributed by atoms with E-state index in [0.29, 0.717) is 45.3 Å². The van der Waals surface area contributed by atoms with Gasteiger partial charge in [0.15, 0.2) is 16.8 Å². The highest BCUT2D eigenvalue weighted by Gasteiger charge is 2.38. The second-order valence-corrected chi connectivity index (χ2v) is 8.90. The molecule has 0 amide bonds. The Labute approximate surface area is 190 Å².